The molecule has 2 aromatic rings. The molecule has 0 amide bonds. The first kappa shape index (κ1) is 12.0. The molecular weight excluding hydrogens is 261 g/mol. The van der Waals surface area contributed by atoms with Crippen LogP contribution in [0.2, 0.25) is 10.0 Å². The predicted molar refractivity (Wildman–Crippen MR) is 68.5 cm³/mol. The number of hydrogen-bond donors (Lipinski definition) is 2. The molecule has 0 saturated carbocycles. The third kappa shape index (κ3) is 2.78. The quantitative estimate of drug-likeness (QED) is 0.879. The van der Waals surface area contributed by atoms with Crippen molar-refractivity contribution in [1.29, 1.82) is 0 Å². The van der Waals surface area contributed by atoms with Crippen LogP contribution in [0.15, 0.2) is 29.2 Å². The van der Waals surface area contributed by atoms with Crippen molar-refractivity contribution in [2.45, 2.75) is 6.42 Å². The smallest absolute Gasteiger partial charge is 0.274 e. The Bertz CT molecular complexity index is 610. The first-order valence-corrected chi connectivity index (χ1v) is 5.59. The molecule has 0 aliphatic heterocycles. The number of hydrogen-bond acceptors (Lipinski definition) is 3. The molecule has 1 aromatic heterocycles. The lowest BCUT2D eigenvalue weighted by Gasteiger charge is -2.03. The molecule has 0 atom stereocenters. The molecule has 0 saturated heterocycles. The number of nitrogens with one attached hydrogen (secondary N) is 1. The summed E-state index contributed by atoms with van der Waals surface area (Å²) in [5.74, 6) is 0.530. The number of nitrogens with zero attached hydrogens (tertiary/aromatic N) is 1. The Morgan fingerprint density at radius 3 is 2.71 bits per heavy atom. The van der Waals surface area contributed by atoms with Crippen molar-refractivity contribution in [2.75, 3.05) is 5.73 Å². The van der Waals surface area contributed by atoms with Crippen molar-refractivity contribution in [3.8, 4) is 0 Å². The van der Waals surface area contributed by atoms with Gasteiger partial charge in [0.05, 0.1) is 16.2 Å². The van der Waals surface area contributed by atoms with Gasteiger partial charge in [0.15, 0.2) is 0 Å². The van der Waals surface area contributed by atoms with Crippen LogP contribution in [0.1, 0.15) is 11.4 Å². The first-order chi connectivity index (χ1) is 8.06. The van der Waals surface area contributed by atoms with Crippen LogP contribution in [0.3, 0.4) is 0 Å². The highest BCUT2D eigenvalue weighted by molar-refractivity contribution is 6.42. The minimum Gasteiger partial charge on any atom is -0.393 e. The van der Waals surface area contributed by atoms with Crippen molar-refractivity contribution in [2.24, 2.45) is 0 Å². The van der Waals surface area contributed by atoms with Crippen LogP contribution in [0.5, 0.6) is 0 Å². The van der Waals surface area contributed by atoms with Gasteiger partial charge in [0.1, 0.15) is 11.5 Å². The molecule has 0 fully saturated rings. The lowest BCUT2D eigenvalue weighted by atomic mass is 10.1. The maximum absolute atomic E-state index is 11.3. The number of anilines is 1. The zero-order valence-corrected chi connectivity index (χ0v) is 10.2. The van der Waals surface area contributed by atoms with E-state index in [0.29, 0.717) is 22.3 Å². The van der Waals surface area contributed by atoms with E-state index < -0.39 is 0 Å². The maximum Gasteiger partial charge on any atom is 0.274 e. The van der Waals surface area contributed by atoms with Crippen LogP contribution < -0.4 is 11.3 Å². The van der Waals surface area contributed by atoms with Crippen LogP contribution in [-0.4, -0.2) is 9.97 Å². The number of nitrogens with two attached hydrogens (primary N) is 1. The molecular formula is C11H9Cl2N3O. The normalized spacial score (nSPS) is 10.5. The molecule has 6 heteroatoms. The largest absolute Gasteiger partial charge is 0.393 e. The third-order valence-corrected chi connectivity index (χ3v) is 2.97. The highest BCUT2D eigenvalue weighted by atomic mass is 35.5. The van der Waals surface area contributed by atoms with E-state index in [1.807, 2.05) is 6.07 Å². The van der Waals surface area contributed by atoms with Gasteiger partial charge in [0.25, 0.3) is 5.56 Å². The minimum absolute atomic E-state index is 0.0999. The molecule has 17 heavy (non-hydrogen) atoms. The highest BCUT2D eigenvalue weighted by Crippen LogP contribution is 2.23. The molecule has 1 heterocycles. The Morgan fingerprint density at radius 2 is 2.06 bits per heavy atom. The van der Waals surface area contributed by atoms with Gasteiger partial charge in [-0.15, -0.1) is 0 Å². The average Bonchev–Trinajstić information content (AvgIpc) is 2.29. The van der Waals surface area contributed by atoms with E-state index in [9.17, 15) is 4.79 Å². The Kier molecular flexibility index (Phi) is 3.36. The fraction of sp³-hybridized carbons (Fsp3) is 0.0909. The number of aromatic amines is 1. The third-order valence-electron chi connectivity index (χ3n) is 2.24. The number of rotatable bonds is 2. The topological polar surface area (TPSA) is 71.8 Å². The fourth-order valence-corrected chi connectivity index (χ4v) is 1.70. The van der Waals surface area contributed by atoms with Crippen molar-refractivity contribution in [3.05, 3.63) is 56.2 Å². The van der Waals surface area contributed by atoms with E-state index in [1.54, 1.807) is 12.1 Å². The summed E-state index contributed by atoms with van der Waals surface area (Å²) in [7, 11) is 0. The van der Waals surface area contributed by atoms with Crippen molar-refractivity contribution >= 4 is 28.9 Å². The van der Waals surface area contributed by atoms with Gasteiger partial charge in [-0.1, -0.05) is 29.3 Å². The molecule has 0 bridgehead atoms. The van der Waals surface area contributed by atoms with Gasteiger partial charge in [0, 0.05) is 6.42 Å². The van der Waals surface area contributed by atoms with Gasteiger partial charge in [0.2, 0.25) is 0 Å². The van der Waals surface area contributed by atoms with Gasteiger partial charge < -0.3 is 10.7 Å². The van der Waals surface area contributed by atoms with Gasteiger partial charge in [-0.05, 0) is 17.7 Å². The molecule has 1 aromatic carbocycles. The van der Waals surface area contributed by atoms with Crippen molar-refractivity contribution in [3.63, 3.8) is 0 Å². The van der Waals surface area contributed by atoms with Crippen LogP contribution in [-0.2, 0) is 6.42 Å². The van der Waals surface area contributed by atoms with Crippen molar-refractivity contribution in [1.82, 2.24) is 9.97 Å². The average molecular weight is 270 g/mol. The van der Waals surface area contributed by atoms with E-state index in [0.717, 1.165) is 5.56 Å². The van der Waals surface area contributed by atoms with E-state index in [-0.39, 0.29) is 11.2 Å². The second-order valence-corrected chi connectivity index (χ2v) is 4.35. The van der Waals surface area contributed by atoms with Crippen LogP contribution in [0.25, 0.3) is 0 Å². The number of nitrogen functional groups attached to an aromatic ring is 1. The first-order valence-electron chi connectivity index (χ1n) is 4.84. The van der Waals surface area contributed by atoms with Gasteiger partial charge in [-0.2, -0.15) is 0 Å². The molecule has 2 rings (SSSR count). The number of H-pyrrole nitrogens is 1. The number of halogens is 2. The monoisotopic (exact) mass is 269 g/mol. The standard InChI is InChI=1S/C11H9Cl2N3O/c12-7-2-1-6(3-8(7)13)4-10-15-5-9(14)11(17)16-10/h1-3,5H,4,14H2,(H,15,16,17). The summed E-state index contributed by atoms with van der Waals surface area (Å²) >= 11 is 11.7. The fourth-order valence-electron chi connectivity index (χ4n) is 1.37. The highest BCUT2D eigenvalue weighted by Gasteiger charge is 2.03. The van der Waals surface area contributed by atoms with Crippen LogP contribution >= 0.6 is 23.2 Å². The van der Waals surface area contributed by atoms with E-state index >= 15 is 0 Å². The molecule has 0 spiro atoms. The second-order valence-electron chi connectivity index (χ2n) is 3.54. The summed E-state index contributed by atoms with van der Waals surface area (Å²) < 4.78 is 0. The summed E-state index contributed by atoms with van der Waals surface area (Å²) in [5.41, 5.74) is 6.05. The summed E-state index contributed by atoms with van der Waals surface area (Å²) in [6.45, 7) is 0. The van der Waals surface area contributed by atoms with Crippen LogP contribution in [0, 0.1) is 0 Å². The van der Waals surface area contributed by atoms with Crippen LogP contribution in [0.4, 0.5) is 5.69 Å². The molecule has 3 N–H and O–H groups in total. The lowest BCUT2D eigenvalue weighted by Crippen LogP contribution is -2.15. The van der Waals surface area contributed by atoms with Gasteiger partial charge >= 0.3 is 0 Å². The molecule has 0 unspecified atom stereocenters. The molecule has 0 aliphatic rings. The Morgan fingerprint density at radius 1 is 1.29 bits per heavy atom. The summed E-state index contributed by atoms with van der Waals surface area (Å²) in [4.78, 5) is 17.9. The Balaban J connectivity index is 2.28. The molecule has 88 valence electrons. The molecule has 0 aliphatic carbocycles. The maximum atomic E-state index is 11.3. The van der Waals surface area contributed by atoms with E-state index in [4.69, 9.17) is 28.9 Å². The zero-order chi connectivity index (χ0) is 12.4. The van der Waals surface area contributed by atoms with Gasteiger partial charge in [-0.25, -0.2) is 4.98 Å². The number of benzene rings is 1. The predicted octanol–water partition coefficient (Wildman–Crippen LogP) is 2.25. The summed E-state index contributed by atoms with van der Waals surface area (Å²) in [6, 6.07) is 5.26. The summed E-state index contributed by atoms with van der Waals surface area (Å²) in [5, 5.41) is 0.969. The SMILES string of the molecule is Nc1cnc(Cc2ccc(Cl)c(Cl)c2)[nH]c1=O. The van der Waals surface area contributed by atoms with Crippen molar-refractivity contribution < 1.29 is 0 Å². The van der Waals surface area contributed by atoms with E-state index in [1.165, 1.54) is 6.20 Å². The Hall–Kier alpha value is -1.52. The molecule has 0 radical (unpaired) electrons. The number of aromatic nitrogens is 2. The minimum atomic E-state index is -0.338. The summed E-state index contributed by atoms with van der Waals surface area (Å²) in [6.07, 6.45) is 1.80. The second kappa shape index (κ2) is 4.77. The Labute approximate surface area is 107 Å². The van der Waals surface area contributed by atoms with E-state index in [2.05, 4.69) is 9.97 Å². The zero-order valence-electron chi connectivity index (χ0n) is 8.71. The van der Waals surface area contributed by atoms with Gasteiger partial charge in [-0.3, -0.25) is 4.79 Å². The lowest BCUT2D eigenvalue weighted by molar-refractivity contribution is 0.950. The molecule has 4 nitrogen and oxygen atoms in total.